The van der Waals surface area contributed by atoms with Crippen molar-refractivity contribution in [3.63, 3.8) is 0 Å². The van der Waals surface area contributed by atoms with Gasteiger partial charge in [0, 0.05) is 13.1 Å². The lowest BCUT2D eigenvalue weighted by Crippen LogP contribution is -2.47. The van der Waals surface area contributed by atoms with Crippen LogP contribution < -0.4 is 4.90 Å². The minimum atomic E-state index is -0.331. The van der Waals surface area contributed by atoms with Gasteiger partial charge in [-0.3, -0.25) is 14.5 Å². The SMILES string of the molecule is Cc1ccc(N2C(=O)CC(N3CCOCC3)C2=O)cc1C. The maximum absolute atomic E-state index is 12.6. The molecule has 1 aromatic rings. The number of amides is 2. The first-order valence-corrected chi connectivity index (χ1v) is 7.34. The fourth-order valence-electron chi connectivity index (χ4n) is 2.93. The molecule has 2 amide bonds. The largest absolute Gasteiger partial charge is 0.379 e. The van der Waals surface area contributed by atoms with Crippen LogP contribution in [0.15, 0.2) is 18.2 Å². The number of anilines is 1. The Kier molecular flexibility index (Phi) is 3.78. The van der Waals surface area contributed by atoms with Gasteiger partial charge in [-0.05, 0) is 37.1 Å². The number of rotatable bonds is 2. The van der Waals surface area contributed by atoms with Gasteiger partial charge in [-0.2, -0.15) is 0 Å². The van der Waals surface area contributed by atoms with Crippen molar-refractivity contribution < 1.29 is 14.3 Å². The summed E-state index contributed by atoms with van der Waals surface area (Å²) in [4.78, 5) is 28.3. The minimum Gasteiger partial charge on any atom is -0.379 e. The molecule has 2 heterocycles. The Hall–Kier alpha value is -1.72. The van der Waals surface area contributed by atoms with E-state index >= 15 is 0 Å². The highest BCUT2D eigenvalue weighted by Crippen LogP contribution is 2.27. The first-order valence-electron chi connectivity index (χ1n) is 7.34. The molecule has 5 nitrogen and oxygen atoms in total. The number of aryl methyl sites for hydroxylation is 2. The van der Waals surface area contributed by atoms with E-state index in [1.165, 1.54) is 4.90 Å². The van der Waals surface area contributed by atoms with Gasteiger partial charge in [0.05, 0.1) is 31.4 Å². The van der Waals surface area contributed by atoms with Crippen LogP contribution in [0.1, 0.15) is 17.5 Å². The number of hydrogen-bond acceptors (Lipinski definition) is 4. The van der Waals surface area contributed by atoms with Crippen LogP contribution in [0.2, 0.25) is 0 Å². The second-order valence-corrected chi connectivity index (χ2v) is 5.70. The molecule has 2 fully saturated rings. The third-order valence-electron chi connectivity index (χ3n) is 4.36. The van der Waals surface area contributed by atoms with Crippen LogP contribution in [-0.4, -0.2) is 49.1 Å². The van der Waals surface area contributed by atoms with E-state index < -0.39 is 0 Å². The summed E-state index contributed by atoms with van der Waals surface area (Å²) in [5.41, 5.74) is 2.93. The molecular formula is C16H20N2O3. The molecule has 2 saturated heterocycles. The number of carbonyl (C=O) groups is 2. The van der Waals surface area contributed by atoms with Crippen LogP contribution in [0.4, 0.5) is 5.69 Å². The lowest BCUT2D eigenvalue weighted by atomic mass is 10.1. The number of imide groups is 1. The van der Waals surface area contributed by atoms with E-state index in [2.05, 4.69) is 4.90 Å². The first kappa shape index (κ1) is 14.2. The van der Waals surface area contributed by atoms with Crippen molar-refractivity contribution in [2.24, 2.45) is 0 Å². The van der Waals surface area contributed by atoms with E-state index in [1.54, 1.807) is 0 Å². The number of ether oxygens (including phenoxy) is 1. The summed E-state index contributed by atoms with van der Waals surface area (Å²) in [6.07, 6.45) is 0.270. The molecule has 1 atom stereocenters. The van der Waals surface area contributed by atoms with Crippen molar-refractivity contribution in [2.75, 3.05) is 31.2 Å². The molecule has 0 saturated carbocycles. The molecule has 2 aliphatic rings. The highest BCUT2D eigenvalue weighted by Gasteiger charge is 2.42. The molecule has 0 radical (unpaired) electrons. The molecule has 0 spiro atoms. The zero-order valence-electron chi connectivity index (χ0n) is 12.5. The van der Waals surface area contributed by atoms with Gasteiger partial charge >= 0.3 is 0 Å². The van der Waals surface area contributed by atoms with E-state index in [9.17, 15) is 9.59 Å². The normalized spacial score (nSPS) is 23.9. The number of hydrogen-bond donors (Lipinski definition) is 0. The summed E-state index contributed by atoms with van der Waals surface area (Å²) in [6, 6.07) is 5.38. The fraction of sp³-hybridized carbons (Fsp3) is 0.500. The van der Waals surface area contributed by atoms with E-state index in [-0.39, 0.29) is 24.3 Å². The van der Waals surface area contributed by atoms with Crippen molar-refractivity contribution in [3.8, 4) is 0 Å². The summed E-state index contributed by atoms with van der Waals surface area (Å²) in [5, 5.41) is 0. The lowest BCUT2D eigenvalue weighted by molar-refractivity contribution is -0.123. The van der Waals surface area contributed by atoms with Crippen LogP contribution in [0.3, 0.4) is 0 Å². The topological polar surface area (TPSA) is 49.9 Å². The zero-order valence-corrected chi connectivity index (χ0v) is 12.5. The monoisotopic (exact) mass is 288 g/mol. The summed E-state index contributed by atoms with van der Waals surface area (Å²) in [6.45, 7) is 6.69. The molecule has 1 unspecified atom stereocenters. The molecule has 21 heavy (non-hydrogen) atoms. The summed E-state index contributed by atoms with van der Waals surface area (Å²) in [7, 11) is 0. The number of carbonyl (C=O) groups excluding carboxylic acids is 2. The van der Waals surface area contributed by atoms with E-state index in [1.807, 2.05) is 32.0 Å². The summed E-state index contributed by atoms with van der Waals surface area (Å²) in [5.74, 6) is -0.218. The van der Waals surface area contributed by atoms with Crippen LogP contribution in [0.25, 0.3) is 0 Å². The van der Waals surface area contributed by atoms with Crippen molar-refractivity contribution in [2.45, 2.75) is 26.3 Å². The molecule has 2 aliphatic heterocycles. The Bertz CT molecular complexity index is 579. The lowest BCUT2D eigenvalue weighted by Gasteiger charge is -2.30. The van der Waals surface area contributed by atoms with Gasteiger partial charge in [-0.1, -0.05) is 6.07 Å². The molecule has 3 rings (SSSR count). The number of benzene rings is 1. The van der Waals surface area contributed by atoms with E-state index in [0.29, 0.717) is 32.0 Å². The van der Waals surface area contributed by atoms with Crippen LogP contribution in [-0.2, 0) is 14.3 Å². The average Bonchev–Trinajstić information content (AvgIpc) is 2.78. The molecule has 1 aromatic carbocycles. The Morgan fingerprint density at radius 3 is 2.48 bits per heavy atom. The van der Waals surface area contributed by atoms with Gasteiger partial charge in [0.2, 0.25) is 5.91 Å². The number of nitrogens with zero attached hydrogens (tertiary/aromatic N) is 2. The van der Waals surface area contributed by atoms with Crippen LogP contribution in [0, 0.1) is 13.8 Å². The quantitative estimate of drug-likeness (QED) is 0.769. The molecule has 0 bridgehead atoms. The smallest absolute Gasteiger partial charge is 0.251 e. The second-order valence-electron chi connectivity index (χ2n) is 5.70. The Labute approximate surface area is 124 Å². The second kappa shape index (κ2) is 5.58. The van der Waals surface area contributed by atoms with Crippen molar-refractivity contribution in [3.05, 3.63) is 29.3 Å². The predicted molar refractivity (Wildman–Crippen MR) is 79.2 cm³/mol. The number of morpholine rings is 1. The minimum absolute atomic E-state index is 0.106. The molecule has 0 aliphatic carbocycles. The van der Waals surface area contributed by atoms with Gasteiger partial charge in [-0.15, -0.1) is 0 Å². The Balaban J connectivity index is 1.84. The first-order chi connectivity index (χ1) is 10.1. The van der Waals surface area contributed by atoms with Crippen molar-refractivity contribution >= 4 is 17.5 Å². The van der Waals surface area contributed by atoms with Gasteiger partial charge in [0.15, 0.2) is 0 Å². The fourth-order valence-corrected chi connectivity index (χ4v) is 2.93. The molecular weight excluding hydrogens is 268 g/mol. The van der Waals surface area contributed by atoms with E-state index in [4.69, 9.17) is 4.74 Å². The standard InChI is InChI=1S/C16H20N2O3/c1-11-3-4-13(9-12(11)2)18-15(19)10-14(16(18)20)17-5-7-21-8-6-17/h3-4,9,14H,5-8,10H2,1-2H3. The molecule has 0 N–H and O–H groups in total. The van der Waals surface area contributed by atoms with Gasteiger partial charge in [0.25, 0.3) is 5.91 Å². The maximum Gasteiger partial charge on any atom is 0.251 e. The molecule has 112 valence electrons. The zero-order chi connectivity index (χ0) is 15.0. The van der Waals surface area contributed by atoms with Crippen molar-refractivity contribution in [1.29, 1.82) is 0 Å². The van der Waals surface area contributed by atoms with Crippen LogP contribution >= 0.6 is 0 Å². The third kappa shape index (κ3) is 2.59. The highest BCUT2D eigenvalue weighted by atomic mass is 16.5. The summed E-state index contributed by atoms with van der Waals surface area (Å²) < 4.78 is 5.31. The third-order valence-corrected chi connectivity index (χ3v) is 4.36. The van der Waals surface area contributed by atoms with Gasteiger partial charge in [0.1, 0.15) is 0 Å². The van der Waals surface area contributed by atoms with E-state index in [0.717, 1.165) is 11.1 Å². The van der Waals surface area contributed by atoms with Crippen LogP contribution in [0.5, 0.6) is 0 Å². The Morgan fingerprint density at radius 2 is 1.81 bits per heavy atom. The highest BCUT2D eigenvalue weighted by molar-refractivity contribution is 6.22. The average molecular weight is 288 g/mol. The Morgan fingerprint density at radius 1 is 1.10 bits per heavy atom. The van der Waals surface area contributed by atoms with Gasteiger partial charge in [-0.25, -0.2) is 4.90 Å². The van der Waals surface area contributed by atoms with Gasteiger partial charge < -0.3 is 4.74 Å². The predicted octanol–water partition coefficient (Wildman–Crippen LogP) is 1.27. The molecule has 0 aromatic heterocycles. The molecule has 5 heteroatoms. The summed E-state index contributed by atoms with van der Waals surface area (Å²) >= 11 is 0. The van der Waals surface area contributed by atoms with Crippen molar-refractivity contribution in [1.82, 2.24) is 4.90 Å². The maximum atomic E-state index is 12.6.